The maximum atomic E-state index is 13.7. The monoisotopic (exact) mass is 264 g/mol. The van der Waals surface area contributed by atoms with E-state index in [0.717, 1.165) is 24.0 Å². The predicted octanol–water partition coefficient (Wildman–Crippen LogP) is 3.87. The molecule has 1 aromatic rings. The molecule has 0 spiro atoms. The van der Waals surface area contributed by atoms with Crippen molar-refractivity contribution in [2.45, 2.75) is 57.0 Å². The number of hydrogen-bond donors (Lipinski definition) is 1. The molecule has 2 rings (SSSR count). The maximum Gasteiger partial charge on any atom is 0.314 e. The van der Waals surface area contributed by atoms with Crippen molar-refractivity contribution in [3.05, 3.63) is 35.4 Å². The molecule has 1 aliphatic rings. The van der Waals surface area contributed by atoms with E-state index < -0.39 is 17.1 Å². The van der Waals surface area contributed by atoms with Crippen LogP contribution in [0.2, 0.25) is 0 Å². The zero-order valence-electron chi connectivity index (χ0n) is 11.6. The van der Waals surface area contributed by atoms with E-state index >= 15 is 0 Å². The van der Waals surface area contributed by atoms with Gasteiger partial charge in [0.2, 0.25) is 0 Å². The number of carboxylic acids is 1. The van der Waals surface area contributed by atoms with E-state index in [-0.39, 0.29) is 0 Å². The first-order valence-corrected chi connectivity index (χ1v) is 6.85. The Kier molecular flexibility index (Phi) is 3.66. The van der Waals surface area contributed by atoms with E-state index in [1.807, 2.05) is 24.3 Å². The van der Waals surface area contributed by atoms with Crippen LogP contribution >= 0.6 is 0 Å². The van der Waals surface area contributed by atoms with Crippen molar-refractivity contribution in [1.82, 2.24) is 0 Å². The lowest BCUT2D eigenvalue weighted by Crippen LogP contribution is -2.32. The van der Waals surface area contributed by atoms with E-state index in [9.17, 15) is 14.3 Å². The molecule has 1 aliphatic carbocycles. The highest BCUT2D eigenvalue weighted by Gasteiger charge is 2.42. The van der Waals surface area contributed by atoms with Crippen molar-refractivity contribution < 1.29 is 14.3 Å². The minimum atomic E-state index is -1.27. The summed E-state index contributed by atoms with van der Waals surface area (Å²) in [4.78, 5) is 11.6. The average molecular weight is 264 g/mol. The van der Waals surface area contributed by atoms with Crippen molar-refractivity contribution >= 4 is 5.97 Å². The van der Waals surface area contributed by atoms with Gasteiger partial charge in [0.05, 0.1) is 5.41 Å². The number of rotatable bonds is 4. The third-order valence-electron chi connectivity index (χ3n) is 3.97. The second-order valence-electron chi connectivity index (χ2n) is 6.19. The average Bonchev–Trinajstić information content (AvgIpc) is 2.77. The summed E-state index contributed by atoms with van der Waals surface area (Å²) in [7, 11) is 0. The molecule has 0 saturated heterocycles. The summed E-state index contributed by atoms with van der Waals surface area (Å²) in [5.74, 6) is -0.748. The van der Waals surface area contributed by atoms with Crippen molar-refractivity contribution in [2.24, 2.45) is 0 Å². The van der Waals surface area contributed by atoms with Crippen LogP contribution in [-0.4, -0.2) is 16.7 Å². The number of benzene rings is 1. The number of carboxylic acid groups (broad SMARTS) is 1. The van der Waals surface area contributed by atoms with Crippen molar-refractivity contribution in [2.75, 3.05) is 0 Å². The van der Waals surface area contributed by atoms with Crippen LogP contribution in [0.5, 0.6) is 0 Å². The first kappa shape index (κ1) is 14.0. The van der Waals surface area contributed by atoms with E-state index in [1.54, 1.807) is 13.8 Å². The van der Waals surface area contributed by atoms with Gasteiger partial charge in [-0.1, -0.05) is 37.1 Å². The van der Waals surface area contributed by atoms with Crippen molar-refractivity contribution in [3.63, 3.8) is 0 Å². The Balaban J connectivity index is 2.34. The standard InChI is InChI=1S/C16H21FO2/c1-15(2,17)11-12-6-5-7-13(10-12)16(14(18)19)8-3-4-9-16/h5-7,10H,3-4,8-9,11H2,1-2H3,(H,18,19). The lowest BCUT2D eigenvalue weighted by Gasteiger charge is -2.25. The molecule has 104 valence electrons. The Morgan fingerprint density at radius 3 is 2.53 bits per heavy atom. The van der Waals surface area contributed by atoms with E-state index in [1.165, 1.54) is 0 Å². The van der Waals surface area contributed by atoms with Crippen LogP contribution in [0.25, 0.3) is 0 Å². The highest BCUT2D eigenvalue weighted by atomic mass is 19.1. The van der Waals surface area contributed by atoms with Gasteiger partial charge >= 0.3 is 5.97 Å². The number of hydrogen-bond acceptors (Lipinski definition) is 1. The van der Waals surface area contributed by atoms with Gasteiger partial charge in [0, 0.05) is 6.42 Å². The number of alkyl halides is 1. The molecular weight excluding hydrogens is 243 g/mol. The molecule has 0 aromatic heterocycles. The summed E-state index contributed by atoms with van der Waals surface area (Å²) in [6.07, 6.45) is 3.59. The first-order valence-electron chi connectivity index (χ1n) is 6.85. The van der Waals surface area contributed by atoms with Crippen LogP contribution in [0.1, 0.15) is 50.7 Å². The molecule has 1 saturated carbocycles. The fourth-order valence-electron chi connectivity index (χ4n) is 3.07. The molecule has 2 nitrogen and oxygen atoms in total. The van der Waals surface area contributed by atoms with Crippen LogP contribution in [-0.2, 0) is 16.6 Å². The lowest BCUT2D eigenvalue weighted by molar-refractivity contribution is -0.143. The van der Waals surface area contributed by atoms with E-state index in [0.29, 0.717) is 19.3 Å². The molecule has 1 aromatic carbocycles. The summed E-state index contributed by atoms with van der Waals surface area (Å²) >= 11 is 0. The Morgan fingerprint density at radius 2 is 2.00 bits per heavy atom. The number of aliphatic carboxylic acids is 1. The van der Waals surface area contributed by atoms with Crippen LogP contribution in [0.15, 0.2) is 24.3 Å². The van der Waals surface area contributed by atoms with Crippen LogP contribution < -0.4 is 0 Å². The second-order valence-corrected chi connectivity index (χ2v) is 6.19. The Bertz CT molecular complexity index is 468. The minimum absolute atomic E-state index is 0.316. The highest BCUT2D eigenvalue weighted by Crippen LogP contribution is 2.41. The zero-order chi connectivity index (χ0) is 14.1. The van der Waals surface area contributed by atoms with Crippen LogP contribution in [0, 0.1) is 0 Å². The quantitative estimate of drug-likeness (QED) is 0.896. The summed E-state index contributed by atoms with van der Waals surface area (Å²) in [6.45, 7) is 3.09. The topological polar surface area (TPSA) is 37.3 Å². The SMILES string of the molecule is CC(C)(F)Cc1cccc(C2(C(=O)O)CCCC2)c1. The molecule has 1 N–H and O–H groups in total. The Labute approximate surface area is 113 Å². The molecule has 0 amide bonds. The second kappa shape index (κ2) is 4.95. The largest absolute Gasteiger partial charge is 0.481 e. The molecule has 3 heteroatoms. The summed E-state index contributed by atoms with van der Waals surface area (Å²) in [5, 5.41) is 9.57. The van der Waals surface area contributed by atoms with Gasteiger partial charge in [-0.2, -0.15) is 0 Å². The third kappa shape index (κ3) is 2.96. The normalized spacial score (nSPS) is 18.5. The fraction of sp³-hybridized carbons (Fsp3) is 0.562. The van der Waals surface area contributed by atoms with E-state index in [4.69, 9.17) is 0 Å². The molecule has 0 radical (unpaired) electrons. The van der Waals surface area contributed by atoms with Gasteiger partial charge in [-0.3, -0.25) is 4.79 Å². The van der Waals surface area contributed by atoms with Gasteiger partial charge in [-0.05, 0) is 37.8 Å². The molecule has 1 fully saturated rings. The number of carbonyl (C=O) groups is 1. The maximum absolute atomic E-state index is 13.7. The van der Waals surface area contributed by atoms with Crippen LogP contribution in [0.4, 0.5) is 4.39 Å². The first-order chi connectivity index (χ1) is 8.83. The molecule has 0 bridgehead atoms. The third-order valence-corrected chi connectivity index (χ3v) is 3.97. The van der Waals surface area contributed by atoms with Crippen LogP contribution in [0.3, 0.4) is 0 Å². The van der Waals surface area contributed by atoms with E-state index in [2.05, 4.69) is 0 Å². The molecule has 0 atom stereocenters. The van der Waals surface area contributed by atoms with Gasteiger partial charge in [-0.15, -0.1) is 0 Å². The molecule has 0 aliphatic heterocycles. The summed E-state index contributed by atoms with van der Waals surface area (Å²) in [5.41, 5.74) is -0.321. The Hall–Kier alpha value is -1.38. The van der Waals surface area contributed by atoms with Gasteiger partial charge in [-0.25, -0.2) is 4.39 Å². The van der Waals surface area contributed by atoms with Gasteiger partial charge in [0.1, 0.15) is 5.67 Å². The minimum Gasteiger partial charge on any atom is -0.481 e. The zero-order valence-corrected chi connectivity index (χ0v) is 11.6. The smallest absolute Gasteiger partial charge is 0.314 e. The number of halogens is 1. The van der Waals surface area contributed by atoms with Crippen molar-refractivity contribution in [1.29, 1.82) is 0 Å². The highest BCUT2D eigenvalue weighted by molar-refractivity contribution is 5.81. The molecular formula is C16H21FO2. The predicted molar refractivity (Wildman–Crippen MR) is 73.1 cm³/mol. The molecule has 19 heavy (non-hydrogen) atoms. The summed E-state index contributed by atoms with van der Waals surface area (Å²) in [6, 6.07) is 7.46. The van der Waals surface area contributed by atoms with Gasteiger partial charge in [0.25, 0.3) is 0 Å². The summed E-state index contributed by atoms with van der Waals surface area (Å²) < 4.78 is 13.7. The van der Waals surface area contributed by atoms with Crippen molar-refractivity contribution in [3.8, 4) is 0 Å². The lowest BCUT2D eigenvalue weighted by atomic mass is 9.78. The fourth-order valence-corrected chi connectivity index (χ4v) is 3.07. The molecule has 0 heterocycles. The Morgan fingerprint density at radius 1 is 1.37 bits per heavy atom. The molecule has 0 unspecified atom stereocenters. The van der Waals surface area contributed by atoms with Gasteiger partial charge in [0.15, 0.2) is 0 Å². The van der Waals surface area contributed by atoms with Gasteiger partial charge < -0.3 is 5.11 Å².